The van der Waals surface area contributed by atoms with Crippen molar-refractivity contribution in [2.75, 3.05) is 14.1 Å². The lowest BCUT2D eigenvalue weighted by atomic mass is 9.44. The molecule has 4 aliphatic rings. The molecular weight excluding hydrogens is 362 g/mol. The molecule has 4 fully saturated rings. The Morgan fingerprint density at radius 2 is 1.50 bits per heavy atom. The van der Waals surface area contributed by atoms with Crippen molar-refractivity contribution in [2.24, 2.45) is 52.3 Å². The van der Waals surface area contributed by atoms with Gasteiger partial charge in [-0.05, 0) is 124 Å². The molecule has 30 heavy (non-hydrogen) atoms. The molecule has 1 unspecified atom stereocenters. The van der Waals surface area contributed by atoms with E-state index in [1.807, 2.05) is 0 Å². The van der Waals surface area contributed by atoms with Gasteiger partial charge in [0.25, 0.3) is 0 Å². The molecule has 4 rings (SSSR count). The van der Waals surface area contributed by atoms with E-state index in [4.69, 9.17) is 0 Å². The zero-order valence-corrected chi connectivity index (χ0v) is 21.6. The van der Waals surface area contributed by atoms with Crippen molar-refractivity contribution in [3.63, 3.8) is 0 Å². The highest BCUT2D eigenvalue weighted by Crippen LogP contribution is 2.68. The third-order valence-electron chi connectivity index (χ3n) is 11.5. The summed E-state index contributed by atoms with van der Waals surface area (Å²) in [7, 11) is 4.66. The Morgan fingerprint density at radius 3 is 2.20 bits per heavy atom. The SMILES string of the molecule is CC(C)CCC[C@@H](C)[C@H]1CC[C@H]2[C@@H]3CCC4CC[C@H](N(C)C)C[C@]4(C)[C@H]3CC[C@]12C. The van der Waals surface area contributed by atoms with E-state index >= 15 is 0 Å². The van der Waals surface area contributed by atoms with Crippen LogP contribution in [0.4, 0.5) is 0 Å². The van der Waals surface area contributed by atoms with Crippen molar-refractivity contribution in [2.45, 2.75) is 118 Å². The molecule has 0 aromatic heterocycles. The van der Waals surface area contributed by atoms with Crippen LogP contribution < -0.4 is 0 Å². The summed E-state index contributed by atoms with van der Waals surface area (Å²) in [6.07, 6.45) is 18.0. The van der Waals surface area contributed by atoms with Crippen molar-refractivity contribution >= 4 is 0 Å². The van der Waals surface area contributed by atoms with Crippen molar-refractivity contribution < 1.29 is 0 Å². The molecule has 4 saturated carbocycles. The van der Waals surface area contributed by atoms with Crippen molar-refractivity contribution in [3.8, 4) is 0 Å². The molecule has 9 atom stereocenters. The van der Waals surface area contributed by atoms with E-state index < -0.39 is 0 Å². The van der Waals surface area contributed by atoms with Crippen LogP contribution in [-0.4, -0.2) is 25.0 Å². The number of hydrogen-bond donors (Lipinski definition) is 0. The van der Waals surface area contributed by atoms with Gasteiger partial charge in [-0.15, -0.1) is 0 Å². The van der Waals surface area contributed by atoms with Gasteiger partial charge in [-0.1, -0.05) is 53.9 Å². The Labute approximate surface area is 189 Å². The van der Waals surface area contributed by atoms with Crippen LogP contribution >= 0.6 is 0 Å². The summed E-state index contributed by atoms with van der Waals surface area (Å²) in [4.78, 5) is 2.54. The van der Waals surface area contributed by atoms with E-state index in [9.17, 15) is 0 Å². The molecule has 0 aliphatic heterocycles. The summed E-state index contributed by atoms with van der Waals surface area (Å²) in [5.74, 6) is 6.93. The van der Waals surface area contributed by atoms with Gasteiger partial charge < -0.3 is 4.90 Å². The molecule has 0 bridgehead atoms. The predicted octanol–water partition coefficient (Wildman–Crippen LogP) is 8.04. The fourth-order valence-electron chi connectivity index (χ4n) is 9.80. The van der Waals surface area contributed by atoms with Crippen LogP contribution in [0.15, 0.2) is 0 Å². The average molecular weight is 416 g/mol. The van der Waals surface area contributed by atoms with Gasteiger partial charge in [0, 0.05) is 6.04 Å². The minimum absolute atomic E-state index is 0.623. The fraction of sp³-hybridized carbons (Fsp3) is 1.00. The second-order valence-electron chi connectivity index (χ2n) is 13.6. The molecule has 0 saturated heterocycles. The molecule has 0 aromatic rings. The minimum atomic E-state index is 0.623. The maximum Gasteiger partial charge on any atom is 0.00946 e. The van der Waals surface area contributed by atoms with Crippen LogP contribution in [0.2, 0.25) is 0 Å². The summed E-state index contributed by atoms with van der Waals surface area (Å²) < 4.78 is 0. The van der Waals surface area contributed by atoms with Crippen molar-refractivity contribution in [1.82, 2.24) is 4.90 Å². The topological polar surface area (TPSA) is 3.24 Å². The van der Waals surface area contributed by atoms with Crippen LogP contribution in [0, 0.1) is 52.3 Å². The largest absolute Gasteiger partial charge is 0.306 e. The summed E-state index contributed by atoms with van der Waals surface area (Å²) in [5.41, 5.74) is 1.27. The van der Waals surface area contributed by atoms with Gasteiger partial charge in [0.15, 0.2) is 0 Å². The maximum absolute atomic E-state index is 2.75. The molecule has 174 valence electrons. The molecule has 0 radical (unpaired) electrons. The minimum Gasteiger partial charge on any atom is -0.306 e. The van der Waals surface area contributed by atoms with E-state index in [-0.39, 0.29) is 0 Å². The zero-order chi connectivity index (χ0) is 21.7. The van der Waals surface area contributed by atoms with Crippen LogP contribution in [-0.2, 0) is 0 Å². The first-order chi connectivity index (χ1) is 14.2. The van der Waals surface area contributed by atoms with Crippen molar-refractivity contribution in [1.29, 1.82) is 0 Å². The molecule has 1 nitrogen and oxygen atoms in total. The standard InChI is InChI=1S/C29H53N/c1-20(2)9-8-10-21(3)25-15-16-26-24-14-12-22-11-13-23(30(6)7)19-29(22,5)27(24)17-18-28(25,26)4/h20-27H,8-19H2,1-7H3/t21-,22?,23+,24+,25-,26+,27+,28-,29+/m1/s1. The molecular formula is C29H53N. The highest BCUT2D eigenvalue weighted by molar-refractivity contribution is 5.10. The maximum atomic E-state index is 2.75. The first-order valence-corrected chi connectivity index (χ1v) is 13.8. The molecule has 0 amide bonds. The van der Waals surface area contributed by atoms with Crippen LogP contribution in [0.25, 0.3) is 0 Å². The van der Waals surface area contributed by atoms with Crippen LogP contribution in [0.1, 0.15) is 112 Å². The Hall–Kier alpha value is -0.0400. The number of fused-ring (bicyclic) bond motifs is 5. The molecule has 0 aromatic carbocycles. The van der Waals surface area contributed by atoms with E-state index in [0.717, 1.165) is 47.5 Å². The van der Waals surface area contributed by atoms with Crippen molar-refractivity contribution in [3.05, 3.63) is 0 Å². The summed E-state index contributed by atoms with van der Waals surface area (Å²) in [6.45, 7) is 12.9. The van der Waals surface area contributed by atoms with Gasteiger partial charge in [0.1, 0.15) is 0 Å². The Kier molecular flexibility index (Phi) is 6.72. The van der Waals surface area contributed by atoms with E-state index in [2.05, 4.69) is 53.6 Å². The monoisotopic (exact) mass is 415 g/mol. The van der Waals surface area contributed by atoms with Gasteiger partial charge in [0.2, 0.25) is 0 Å². The van der Waals surface area contributed by atoms with Crippen LogP contribution in [0.3, 0.4) is 0 Å². The second-order valence-corrected chi connectivity index (χ2v) is 13.6. The summed E-state index contributed by atoms with van der Waals surface area (Å²) in [5, 5.41) is 0. The fourth-order valence-corrected chi connectivity index (χ4v) is 9.80. The Morgan fingerprint density at radius 1 is 0.800 bits per heavy atom. The molecule has 4 aliphatic carbocycles. The Balaban J connectivity index is 1.48. The molecule has 0 heterocycles. The van der Waals surface area contributed by atoms with Gasteiger partial charge >= 0.3 is 0 Å². The lowest BCUT2D eigenvalue weighted by molar-refractivity contribution is -0.124. The molecule has 0 N–H and O–H groups in total. The lowest BCUT2D eigenvalue weighted by Crippen LogP contribution is -2.55. The van der Waals surface area contributed by atoms with E-state index in [1.165, 1.54) is 51.4 Å². The zero-order valence-electron chi connectivity index (χ0n) is 21.6. The third kappa shape index (κ3) is 3.92. The molecule has 0 spiro atoms. The molecule has 1 heteroatoms. The first-order valence-electron chi connectivity index (χ1n) is 13.8. The van der Waals surface area contributed by atoms with Gasteiger partial charge in [-0.25, -0.2) is 0 Å². The van der Waals surface area contributed by atoms with Crippen LogP contribution in [0.5, 0.6) is 0 Å². The Bertz CT molecular complexity index is 581. The normalized spacial score (nSPS) is 47.1. The van der Waals surface area contributed by atoms with E-state index in [0.29, 0.717) is 10.8 Å². The summed E-state index contributed by atoms with van der Waals surface area (Å²) in [6, 6.07) is 0.829. The quantitative estimate of drug-likeness (QED) is 0.424. The van der Waals surface area contributed by atoms with Gasteiger partial charge in [0.05, 0.1) is 0 Å². The number of nitrogens with zero attached hydrogens (tertiary/aromatic N) is 1. The lowest BCUT2D eigenvalue weighted by Gasteiger charge is -2.62. The highest BCUT2D eigenvalue weighted by Gasteiger charge is 2.60. The summed E-state index contributed by atoms with van der Waals surface area (Å²) >= 11 is 0. The number of hydrogen-bond acceptors (Lipinski definition) is 1. The highest BCUT2D eigenvalue weighted by atomic mass is 15.1. The third-order valence-corrected chi connectivity index (χ3v) is 11.5. The van der Waals surface area contributed by atoms with E-state index in [1.54, 1.807) is 25.7 Å². The predicted molar refractivity (Wildman–Crippen MR) is 131 cm³/mol. The smallest absolute Gasteiger partial charge is 0.00946 e. The first kappa shape index (κ1) is 23.1. The second kappa shape index (κ2) is 8.72. The van der Waals surface area contributed by atoms with Gasteiger partial charge in [-0.2, -0.15) is 0 Å². The number of rotatable bonds is 6. The average Bonchev–Trinajstić information content (AvgIpc) is 3.04. The van der Waals surface area contributed by atoms with Gasteiger partial charge in [-0.3, -0.25) is 0 Å².